The lowest BCUT2D eigenvalue weighted by Gasteiger charge is -2.27. The van der Waals surface area contributed by atoms with Gasteiger partial charge in [-0.25, -0.2) is 0 Å². The molecule has 2 aromatic carbocycles. The monoisotopic (exact) mass is 898 g/mol. The molecule has 6 atom stereocenters. The molecule has 0 spiro atoms. The van der Waals surface area contributed by atoms with Crippen molar-refractivity contribution in [3.8, 4) is 5.75 Å². The second-order valence-corrected chi connectivity index (χ2v) is 15.8. The number of phenols is 1. The maximum absolute atomic E-state index is 14.0. The largest absolute Gasteiger partial charge is 0.508 e. The first kappa shape index (κ1) is 53.5. The molecule has 0 aromatic heterocycles. The van der Waals surface area contributed by atoms with Crippen molar-refractivity contribution in [3.63, 3.8) is 0 Å². The molecule has 64 heavy (non-hydrogen) atoms. The SMILES string of the molecule is CC(C)CC(NC(=O)CNC(=O)C(Cc1ccccc1)NC(=O)C(CO)NC(=O)C(Cc1ccc(O)cc1)NC(=O)C(CC(C)C)NC(=O)C(CO)NC(=O)CNC(=O)CN)C(N)=O. The summed E-state index contributed by atoms with van der Waals surface area (Å²) in [4.78, 5) is 117. The standard InChI is InChI=1S/C42H62N10O12/c1-23(2)14-28(37(44)59)47-36(58)20-46-38(60)30(16-25-8-6-5-7-9-25)50-42(64)33(22-54)52-40(62)31(17-26-10-12-27(55)13-11-26)51-39(61)29(15-24(3)4)49-41(63)32(21-53)48-35(57)19-45-34(56)18-43/h5-13,23-24,28-33,53-55H,14-22,43H2,1-4H3,(H2,44,59)(H,45,56)(H,46,60)(H,47,58)(H,48,57)(H,49,63)(H,50,64)(H,51,61)(H,52,62). The van der Waals surface area contributed by atoms with Crippen molar-refractivity contribution >= 4 is 53.2 Å². The molecular formula is C42H62N10O12. The Morgan fingerprint density at radius 3 is 1.41 bits per heavy atom. The second kappa shape index (κ2) is 27.4. The van der Waals surface area contributed by atoms with Crippen LogP contribution >= 0.6 is 0 Å². The Kier molecular flexibility index (Phi) is 22.9. The van der Waals surface area contributed by atoms with E-state index in [-0.39, 0.29) is 49.8 Å². The number of rotatable bonds is 27. The van der Waals surface area contributed by atoms with E-state index in [1.54, 1.807) is 44.2 Å². The van der Waals surface area contributed by atoms with Gasteiger partial charge in [0.15, 0.2) is 0 Å². The summed E-state index contributed by atoms with van der Waals surface area (Å²) >= 11 is 0. The summed E-state index contributed by atoms with van der Waals surface area (Å²) < 4.78 is 0. The fourth-order valence-electron chi connectivity index (χ4n) is 6.07. The Bertz CT molecular complexity index is 1900. The molecule has 22 heteroatoms. The third-order valence-corrected chi connectivity index (χ3v) is 9.36. The highest BCUT2D eigenvalue weighted by atomic mass is 16.3. The predicted molar refractivity (Wildman–Crippen MR) is 231 cm³/mol. The van der Waals surface area contributed by atoms with E-state index in [2.05, 4.69) is 42.5 Å². The predicted octanol–water partition coefficient (Wildman–Crippen LogP) is -4.16. The van der Waals surface area contributed by atoms with Gasteiger partial charge in [-0.05, 0) is 47.9 Å². The zero-order chi connectivity index (χ0) is 47.9. The highest BCUT2D eigenvalue weighted by Crippen LogP contribution is 2.13. The van der Waals surface area contributed by atoms with E-state index in [0.29, 0.717) is 11.1 Å². The second-order valence-electron chi connectivity index (χ2n) is 15.8. The minimum Gasteiger partial charge on any atom is -0.508 e. The average Bonchev–Trinajstić information content (AvgIpc) is 3.25. The molecule has 6 unspecified atom stereocenters. The Hall–Kier alpha value is -6.65. The topological polar surface area (TPSA) is 363 Å². The summed E-state index contributed by atoms with van der Waals surface area (Å²) in [5.74, 6) is -7.88. The third kappa shape index (κ3) is 19.6. The Labute approximate surface area is 370 Å². The first-order valence-electron chi connectivity index (χ1n) is 20.6. The van der Waals surface area contributed by atoms with E-state index in [1.165, 1.54) is 24.3 Å². The van der Waals surface area contributed by atoms with E-state index < -0.39 is 116 Å². The molecule has 2 rings (SSSR count). The number of aliphatic hydroxyl groups excluding tert-OH is 2. The number of primary amides is 1. The maximum Gasteiger partial charge on any atom is 0.245 e. The lowest BCUT2D eigenvalue weighted by molar-refractivity contribution is -0.136. The van der Waals surface area contributed by atoms with E-state index >= 15 is 0 Å². The number of aromatic hydroxyl groups is 1. The van der Waals surface area contributed by atoms with Gasteiger partial charge < -0.3 is 69.3 Å². The number of aliphatic hydroxyl groups is 2. The number of amides is 9. The van der Waals surface area contributed by atoms with Gasteiger partial charge in [0.1, 0.15) is 42.0 Å². The van der Waals surface area contributed by atoms with Gasteiger partial charge in [0.05, 0.1) is 32.8 Å². The molecular weight excluding hydrogens is 837 g/mol. The van der Waals surface area contributed by atoms with Crippen LogP contribution in [0.25, 0.3) is 0 Å². The Balaban J connectivity index is 2.32. The van der Waals surface area contributed by atoms with Crippen molar-refractivity contribution in [1.29, 1.82) is 0 Å². The average molecular weight is 899 g/mol. The number of nitrogens with one attached hydrogen (secondary N) is 8. The molecule has 15 N–H and O–H groups in total. The zero-order valence-electron chi connectivity index (χ0n) is 36.3. The minimum atomic E-state index is -1.69. The summed E-state index contributed by atoms with van der Waals surface area (Å²) in [6.07, 6.45) is -0.0331. The molecule has 352 valence electrons. The number of nitrogens with two attached hydrogens (primary N) is 2. The van der Waals surface area contributed by atoms with Crippen molar-refractivity contribution in [2.24, 2.45) is 23.3 Å². The van der Waals surface area contributed by atoms with Crippen LogP contribution in [0, 0.1) is 11.8 Å². The number of hydrogen-bond acceptors (Lipinski definition) is 13. The van der Waals surface area contributed by atoms with Crippen LogP contribution in [0.3, 0.4) is 0 Å². The molecule has 9 amide bonds. The van der Waals surface area contributed by atoms with Gasteiger partial charge in [-0.15, -0.1) is 0 Å². The van der Waals surface area contributed by atoms with Gasteiger partial charge in [-0.3, -0.25) is 43.2 Å². The van der Waals surface area contributed by atoms with Crippen molar-refractivity contribution in [2.45, 2.75) is 89.6 Å². The van der Waals surface area contributed by atoms with Crippen LogP contribution in [0.4, 0.5) is 0 Å². The van der Waals surface area contributed by atoms with E-state index in [1.807, 2.05) is 13.8 Å². The fraction of sp³-hybridized carbons (Fsp3) is 0.500. The number of phenolic OH excluding ortho intramolecular Hbond substituents is 1. The lowest BCUT2D eigenvalue weighted by atomic mass is 10.0. The quantitative estimate of drug-likeness (QED) is 0.0406. The molecule has 0 radical (unpaired) electrons. The molecule has 0 aliphatic heterocycles. The highest BCUT2D eigenvalue weighted by molar-refractivity contribution is 5.97. The molecule has 0 saturated heterocycles. The molecule has 0 aliphatic carbocycles. The first-order valence-corrected chi connectivity index (χ1v) is 20.6. The summed E-state index contributed by atoms with van der Waals surface area (Å²) in [5, 5.41) is 49.3. The van der Waals surface area contributed by atoms with E-state index in [0.717, 1.165) is 0 Å². The van der Waals surface area contributed by atoms with Gasteiger partial charge >= 0.3 is 0 Å². The molecule has 0 bridgehead atoms. The van der Waals surface area contributed by atoms with Gasteiger partial charge in [0.25, 0.3) is 0 Å². The van der Waals surface area contributed by atoms with Crippen LogP contribution in [0.1, 0.15) is 51.7 Å². The van der Waals surface area contributed by atoms with Crippen LogP contribution in [0.15, 0.2) is 54.6 Å². The fourth-order valence-corrected chi connectivity index (χ4v) is 6.07. The van der Waals surface area contributed by atoms with Gasteiger partial charge in [0.2, 0.25) is 53.2 Å². The molecule has 22 nitrogen and oxygen atoms in total. The van der Waals surface area contributed by atoms with Crippen LogP contribution in [0.2, 0.25) is 0 Å². The lowest BCUT2D eigenvalue weighted by Crippen LogP contribution is -2.61. The van der Waals surface area contributed by atoms with Gasteiger partial charge in [0, 0.05) is 12.8 Å². The highest BCUT2D eigenvalue weighted by Gasteiger charge is 2.33. The first-order chi connectivity index (χ1) is 30.3. The third-order valence-electron chi connectivity index (χ3n) is 9.36. The summed E-state index contributed by atoms with van der Waals surface area (Å²) in [6, 6.07) is 5.75. The number of carbonyl (C=O) groups excluding carboxylic acids is 9. The molecule has 0 heterocycles. The van der Waals surface area contributed by atoms with Crippen LogP contribution in [-0.2, 0) is 56.0 Å². The van der Waals surface area contributed by atoms with Crippen LogP contribution < -0.4 is 54.0 Å². The smallest absolute Gasteiger partial charge is 0.245 e. The zero-order valence-corrected chi connectivity index (χ0v) is 36.3. The van der Waals surface area contributed by atoms with Crippen molar-refractivity contribution in [1.82, 2.24) is 42.5 Å². The normalized spacial score (nSPS) is 13.8. The Morgan fingerprint density at radius 1 is 0.500 bits per heavy atom. The Morgan fingerprint density at radius 2 is 0.906 bits per heavy atom. The van der Waals surface area contributed by atoms with Crippen LogP contribution in [0.5, 0.6) is 5.75 Å². The maximum atomic E-state index is 14.0. The minimum absolute atomic E-state index is 0.0155. The molecule has 2 aromatic rings. The van der Waals surface area contributed by atoms with Crippen LogP contribution in [-0.4, -0.2) is 138 Å². The summed E-state index contributed by atoms with van der Waals surface area (Å²) in [5.41, 5.74) is 11.7. The van der Waals surface area contributed by atoms with Crippen molar-refractivity contribution in [3.05, 3.63) is 65.7 Å². The molecule has 0 fully saturated rings. The van der Waals surface area contributed by atoms with E-state index in [9.17, 15) is 58.5 Å². The number of benzene rings is 2. The number of carbonyl (C=O) groups is 9. The molecule has 0 saturated carbocycles. The molecule has 0 aliphatic rings. The summed E-state index contributed by atoms with van der Waals surface area (Å²) in [7, 11) is 0. The van der Waals surface area contributed by atoms with Gasteiger partial charge in [-0.2, -0.15) is 0 Å². The van der Waals surface area contributed by atoms with E-state index in [4.69, 9.17) is 11.5 Å². The van der Waals surface area contributed by atoms with Gasteiger partial charge in [-0.1, -0.05) is 70.2 Å². The van der Waals surface area contributed by atoms with Crippen molar-refractivity contribution in [2.75, 3.05) is 32.8 Å². The van der Waals surface area contributed by atoms with Crippen molar-refractivity contribution < 1.29 is 58.5 Å². The number of hydrogen-bond donors (Lipinski definition) is 13. The summed E-state index contributed by atoms with van der Waals surface area (Å²) in [6.45, 7) is 3.79.